The highest BCUT2D eigenvalue weighted by Crippen LogP contribution is 2.44. The van der Waals surface area contributed by atoms with E-state index in [9.17, 15) is 0 Å². The minimum absolute atomic E-state index is 0.0821. The number of nitrogens with zero attached hydrogens (tertiary/aromatic N) is 1. The van der Waals surface area contributed by atoms with Crippen molar-refractivity contribution < 1.29 is 4.74 Å². The molecule has 108 valence electrons. The largest absolute Gasteiger partial charge is 0.369 e. The summed E-state index contributed by atoms with van der Waals surface area (Å²) in [5, 5.41) is 3.22. The van der Waals surface area contributed by atoms with Crippen molar-refractivity contribution in [3.8, 4) is 0 Å². The molecule has 0 aromatic carbocycles. The maximum atomic E-state index is 6.16. The van der Waals surface area contributed by atoms with Gasteiger partial charge in [0, 0.05) is 23.8 Å². The highest BCUT2D eigenvalue weighted by molar-refractivity contribution is 7.09. The molecule has 0 bridgehead atoms. The summed E-state index contributed by atoms with van der Waals surface area (Å²) < 4.78 is 6.16. The molecule has 1 aromatic rings. The molecule has 1 aliphatic rings. The van der Waals surface area contributed by atoms with E-state index in [2.05, 4.69) is 43.5 Å². The predicted octanol–water partition coefficient (Wildman–Crippen LogP) is 2.42. The standard InChI is InChI=1S/C14H25N3OS/c1-9-16-10(8-19-9)6-12(17-15)11-7-13(2,3)18-14(11,4)5/h8,11-12,17H,6-7,15H2,1-5H3. The summed E-state index contributed by atoms with van der Waals surface area (Å²) in [6.07, 6.45) is 1.87. The molecule has 2 heterocycles. The second-order valence-corrected chi connectivity index (χ2v) is 7.67. The van der Waals surface area contributed by atoms with Gasteiger partial charge in [0.25, 0.3) is 0 Å². The number of aromatic nitrogens is 1. The predicted molar refractivity (Wildman–Crippen MR) is 79.0 cm³/mol. The summed E-state index contributed by atoms with van der Waals surface area (Å²) in [7, 11) is 0. The number of thiazole rings is 1. The Kier molecular flexibility index (Phi) is 4.02. The van der Waals surface area contributed by atoms with Gasteiger partial charge in [-0.15, -0.1) is 11.3 Å². The van der Waals surface area contributed by atoms with Crippen LogP contribution >= 0.6 is 11.3 Å². The third-order valence-corrected chi connectivity index (χ3v) is 4.76. The lowest BCUT2D eigenvalue weighted by Crippen LogP contribution is -2.48. The van der Waals surface area contributed by atoms with Crippen molar-refractivity contribution in [1.82, 2.24) is 10.4 Å². The zero-order valence-corrected chi connectivity index (χ0v) is 13.3. The van der Waals surface area contributed by atoms with Crippen LogP contribution in [0.5, 0.6) is 0 Å². The van der Waals surface area contributed by atoms with Crippen LogP contribution in [0.15, 0.2) is 5.38 Å². The molecule has 0 aliphatic carbocycles. The third kappa shape index (κ3) is 3.34. The molecule has 3 N–H and O–H groups in total. The second kappa shape index (κ2) is 5.13. The third-order valence-electron chi connectivity index (χ3n) is 3.94. The maximum absolute atomic E-state index is 6.16. The van der Waals surface area contributed by atoms with E-state index in [1.54, 1.807) is 11.3 Å². The summed E-state index contributed by atoms with van der Waals surface area (Å²) in [6, 6.07) is 0.193. The number of hydrogen-bond acceptors (Lipinski definition) is 5. The van der Waals surface area contributed by atoms with Gasteiger partial charge in [-0.05, 0) is 41.0 Å². The van der Waals surface area contributed by atoms with Gasteiger partial charge in [0.1, 0.15) is 0 Å². The number of nitrogens with two attached hydrogens (primary N) is 1. The van der Waals surface area contributed by atoms with E-state index in [-0.39, 0.29) is 17.2 Å². The van der Waals surface area contributed by atoms with Gasteiger partial charge in [-0.1, -0.05) is 0 Å². The Morgan fingerprint density at radius 2 is 2.21 bits per heavy atom. The van der Waals surface area contributed by atoms with Gasteiger partial charge >= 0.3 is 0 Å². The fraction of sp³-hybridized carbons (Fsp3) is 0.786. The molecule has 2 rings (SSSR count). The lowest BCUT2D eigenvalue weighted by molar-refractivity contribution is -0.0776. The number of hydrazine groups is 1. The number of hydrogen-bond donors (Lipinski definition) is 2. The van der Waals surface area contributed by atoms with Crippen LogP contribution in [0.1, 0.15) is 44.8 Å². The van der Waals surface area contributed by atoms with Crippen molar-refractivity contribution in [1.29, 1.82) is 0 Å². The molecule has 4 nitrogen and oxygen atoms in total. The number of nitrogens with one attached hydrogen (secondary N) is 1. The quantitative estimate of drug-likeness (QED) is 0.658. The van der Waals surface area contributed by atoms with Crippen molar-refractivity contribution >= 4 is 11.3 Å². The van der Waals surface area contributed by atoms with Gasteiger partial charge in [0.05, 0.1) is 21.9 Å². The van der Waals surface area contributed by atoms with Crippen molar-refractivity contribution in [2.24, 2.45) is 11.8 Å². The monoisotopic (exact) mass is 283 g/mol. The smallest absolute Gasteiger partial charge is 0.0897 e. The molecule has 1 fully saturated rings. The topological polar surface area (TPSA) is 60.2 Å². The SMILES string of the molecule is Cc1nc(CC(NN)C2CC(C)(C)OC2(C)C)cs1. The molecule has 5 heteroatoms. The van der Waals surface area contributed by atoms with Gasteiger partial charge in [-0.25, -0.2) is 4.98 Å². The molecular weight excluding hydrogens is 258 g/mol. The first-order valence-corrected chi connectivity index (χ1v) is 7.69. The van der Waals surface area contributed by atoms with E-state index in [1.807, 2.05) is 6.92 Å². The van der Waals surface area contributed by atoms with Gasteiger partial charge in [0.2, 0.25) is 0 Å². The average molecular weight is 283 g/mol. The fourth-order valence-electron chi connectivity index (χ4n) is 3.28. The fourth-order valence-corrected chi connectivity index (χ4v) is 3.90. The minimum Gasteiger partial charge on any atom is -0.369 e. The van der Waals surface area contributed by atoms with Gasteiger partial charge in [-0.2, -0.15) is 0 Å². The summed E-state index contributed by atoms with van der Waals surface area (Å²) in [5.74, 6) is 6.17. The van der Waals surface area contributed by atoms with Crippen LogP contribution in [0.25, 0.3) is 0 Å². The Labute approximate surface area is 119 Å². The highest BCUT2D eigenvalue weighted by Gasteiger charge is 2.48. The molecule has 19 heavy (non-hydrogen) atoms. The lowest BCUT2D eigenvalue weighted by atomic mass is 9.80. The van der Waals surface area contributed by atoms with Crippen LogP contribution in [-0.2, 0) is 11.2 Å². The Morgan fingerprint density at radius 1 is 1.53 bits per heavy atom. The average Bonchev–Trinajstić information content (AvgIpc) is 2.76. The lowest BCUT2D eigenvalue weighted by Gasteiger charge is -2.32. The molecule has 0 amide bonds. The zero-order chi connectivity index (χ0) is 14.3. The van der Waals surface area contributed by atoms with Crippen molar-refractivity contribution in [2.45, 2.75) is 64.7 Å². The van der Waals surface area contributed by atoms with Crippen LogP contribution in [0.2, 0.25) is 0 Å². The molecule has 2 unspecified atom stereocenters. The van der Waals surface area contributed by atoms with Crippen molar-refractivity contribution in [2.75, 3.05) is 0 Å². The van der Waals surface area contributed by atoms with Crippen molar-refractivity contribution in [3.63, 3.8) is 0 Å². The molecular formula is C14H25N3OS. The van der Waals surface area contributed by atoms with E-state index in [4.69, 9.17) is 10.6 Å². The molecule has 0 saturated carbocycles. The normalized spacial score (nSPS) is 26.5. The van der Waals surface area contributed by atoms with E-state index in [0.717, 1.165) is 23.5 Å². The Balaban J connectivity index is 2.13. The van der Waals surface area contributed by atoms with Crippen LogP contribution in [-0.4, -0.2) is 22.2 Å². The van der Waals surface area contributed by atoms with E-state index in [1.165, 1.54) is 0 Å². The molecule has 1 saturated heterocycles. The molecule has 2 atom stereocenters. The Bertz CT molecular complexity index is 442. The van der Waals surface area contributed by atoms with E-state index >= 15 is 0 Å². The minimum atomic E-state index is -0.161. The van der Waals surface area contributed by atoms with Gasteiger partial charge in [-0.3, -0.25) is 11.3 Å². The maximum Gasteiger partial charge on any atom is 0.0897 e. The first kappa shape index (κ1) is 14.9. The zero-order valence-electron chi connectivity index (χ0n) is 12.5. The van der Waals surface area contributed by atoms with Crippen LogP contribution in [0.3, 0.4) is 0 Å². The molecule has 1 aliphatic heterocycles. The first-order chi connectivity index (χ1) is 8.73. The Hall–Kier alpha value is -0.490. The van der Waals surface area contributed by atoms with Crippen LogP contribution in [0.4, 0.5) is 0 Å². The number of ether oxygens (including phenoxy) is 1. The van der Waals surface area contributed by atoms with Crippen molar-refractivity contribution in [3.05, 3.63) is 16.1 Å². The number of aryl methyl sites for hydroxylation is 1. The van der Waals surface area contributed by atoms with Gasteiger partial charge < -0.3 is 4.74 Å². The summed E-state index contributed by atoms with van der Waals surface area (Å²) in [4.78, 5) is 4.54. The van der Waals surface area contributed by atoms with Crippen LogP contribution in [0, 0.1) is 12.8 Å². The van der Waals surface area contributed by atoms with E-state index < -0.39 is 0 Å². The molecule has 1 aromatic heterocycles. The summed E-state index contributed by atoms with van der Waals surface area (Å²) in [6.45, 7) is 10.6. The summed E-state index contributed by atoms with van der Waals surface area (Å²) in [5.41, 5.74) is 3.85. The second-order valence-electron chi connectivity index (χ2n) is 6.61. The highest BCUT2D eigenvalue weighted by atomic mass is 32.1. The van der Waals surface area contributed by atoms with Crippen LogP contribution < -0.4 is 11.3 Å². The van der Waals surface area contributed by atoms with Gasteiger partial charge in [0.15, 0.2) is 0 Å². The first-order valence-electron chi connectivity index (χ1n) is 6.81. The number of rotatable bonds is 4. The Morgan fingerprint density at radius 3 is 2.63 bits per heavy atom. The molecule has 0 radical (unpaired) electrons. The van der Waals surface area contributed by atoms with E-state index in [0.29, 0.717) is 5.92 Å². The molecule has 0 spiro atoms. The summed E-state index contributed by atoms with van der Waals surface area (Å²) >= 11 is 1.69.